The van der Waals surface area contributed by atoms with Gasteiger partial charge in [0.2, 0.25) is 10.0 Å². The first-order valence-corrected chi connectivity index (χ1v) is 9.25. The predicted molar refractivity (Wildman–Crippen MR) is 92.4 cm³/mol. The minimum atomic E-state index is -3.62. The van der Waals surface area contributed by atoms with Crippen LogP contribution in [-0.2, 0) is 16.4 Å². The van der Waals surface area contributed by atoms with Crippen LogP contribution in [0.25, 0.3) is 0 Å². The van der Waals surface area contributed by atoms with Crippen LogP contribution in [0.4, 0.5) is 0 Å². The molecule has 2 aromatic rings. The number of hydrogen-bond donors (Lipinski definition) is 2. The van der Waals surface area contributed by atoms with Crippen LogP contribution in [0.5, 0.6) is 0 Å². The van der Waals surface area contributed by atoms with Crippen LogP contribution in [0.15, 0.2) is 47.4 Å². The van der Waals surface area contributed by atoms with E-state index in [0.717, 1.165) is 11.1 Å². The molecule has 4 nitrogen and oxygen atoms in total. The fourth-order valence-electron chi connectivity index (χ4n) is 2.02. The number of aliphatic hydroxyl groups is 1. The first kappa shape index (κ1) is 18.2. The summed E-state index contributed by atoms with van der Waals surface area (Å²) >= 11 is 11.6. The lowest BCUT2D eigenvalue weighted by Gasteiger charge is -2.09. The van der Waals surface area contributed by atoms with Gasteiger partial charge < -0.3 is 5.11 Å². The molecule has 0 aliphatic carbocycles. The zero-order valence-corrected chi connectivity index (χ0v) is 14.8. The van der Waals surface area contributed by atoms with E-state index in [9.17, 15) is 13.5 Å². The van der Waals surface area contributed by atoms with E-state index in [-0.39, 0.29) is 16.5 Å². The molecule has 2 N–H and O–H groups in total. The van der Waals surface area contributed by atoms with Crippen molar-refractivity contribution in [1.82, 2.24) is 4.72 Å². The van der Waals surface area contributed by atoms with Crippen LogP contribution in [-0.4, -0.2) is 20.1 Å². The highest BCUT2D eigenvalue weighted by molar-refractivity contribution is 7.89. The van der Waals surface area contributed by atoms with Gasteiger partial charge in [0.05, 0.1) is 21.0 Å². The minimum Gasteiger partial charge on any atom is -0.389 e. The van der Waals surface area contributed by atoms with Gasteiger partial charge >= 0.3 is 0 Å². The summed E-state index contributed by atoms with van der Waals surface area (Å²) in [5.41, 5.74) is 1.80. The van der Waals surface area contributed by atoms with Gasteiger partial charge in [-0.25, -0.2) is 13.1 Å². The molecule has 1 atom stereocenters. The Morgan fingerprint density at radius 2 is 1.74 bits per heavy atom. The summed E-state index contributed by atoms with van der Waals surface area (Å²) < 4.78 is 26.9. The normalized spacial score (nSPS) is 13.0. The number of benzene rings is 2. The molecule has 0 heterocycles. The average molecular weight is 374 g/mol. The lowest BCUT2D eigenvalue weighted by Crippen LogP contribution is -2.26. The van der Waals surface area contributed by atoms with Gasteiger partial charge in [-0.15, -0.1) is 0 Å². The van der Waals surface area contributed by atoms with Crippen LogP contribution in [0, 0.1) is 0 Å². The van der Waals surface area contributed by atoms with E-state index < -0.39 is 16.1 Å². The molecule has 0 spiro atoms. The van der Waals surface area contributed by atoms with Crippen molar-refractivity contribution in [1.29, 1.82) is 0 Å². The summed E-state index contributed by atoms with van der Waals surface area (Å²) in [5.74, 6) is 0. The number of rotatable bonds is 6. The van der Waals surface area contributed by atoms with Crippen LogP contribution < -0.4 is 4.72 Å². The van der Waals surface area contributed by atoms with Gasteiger partial charge in [0.1, 0.15) is 0 Å². The molecule has 2 aromatic carbocycles. The van der Waals surface area contributed by atoms with E-state index in [1.165, 1.54) is 18.2 Å². The standard InChI is InChI=1S/C16H17Cl2NO3S/c1-11(20)13-4-2-12(3-5-13)8-9-19-23(21,22)14-6-7-15(17)16(18)10-14/h2-7,10-11,19-20H,8-9H2,1H3. The molecule has 0 fully saturated rings. The van der Waals surface area contributed by atoms with Crippen molar-refractivity contribution in [3.05, 3.63) is 63.6 Å². The van der Waals surface area contributed by atoms with Crippen molar-refractivity contribution in [2.24, 2.45) is 0 Å². The van der Waals surface area contributed by atoms with Crippen molar-refractivity contribution < 1.29 is 13.5 Å². The van der Waals surface area contributed by atoms with Crippen molar-refractivity contribution in [2.45, 2.75) is 24.3 Å². The Morgan fingerprint density at radius 1 is 1.09 bits per heavy atom. The van der Waals surface area contributed by atoms with Gasteiger partial charge in [-0.3, -0.25) is 0 Å². The van der Waals surface area contributed by atoms with Crippen molar-refractivity contribution >= 4 is 33.2 Å². The summed E-state index contributed by atoms with van der Waals surface area (Å²) in [6, 6.07) is 11.6. The summed E-state index contributed by atoms with van der Waals surface area (Å²) in [7, 11) is -3.62. The molecule has 124 valence electrons. The van der Waals surface area contributed by atoms with Gasteiger partial charge in [0.15, 0.2) is 0 Å². The number of nitrogens with one attached hydrogen (secondary N) is 1. The molecule has 0 aromatic heterocycles. The lowest BCUT2D eigenvalue weighted by molar-refractivity contribution is 0.199. The second-order valence-electron chi connectivity index (χ2n) is 5.14. The zero-order chi connectivity index (χ0) is 17.0. The largest absolute Gasteiger partial charge is 0.389 e. The van der Waals surface area contributed by atoms with Gasteiger partial charge in [0.25, 0.3) is 0 Å². The molecule has 1 unspecified atom stereocenters. The number of halogens is 2. The highest BCUT2D eigenvalue weighted by Gasteiger charge is 2.14. The Hall–Kier alpha value is -1.11. The Bertz CT molecular complexity index is 774. The highest BCUT2D eigenvalue weighted by atomic mass is 35.5. The molecule has 0 amide bonds. The Labute approximate surface area is 146 Å². The van der Waals surface area contributed by atoms with Crippen LogP contribution >= 0.6 is 23.2 Å². The SMILES string of the molecule is CC(O)c1ccc(CCNS(=O)(=O)c2ccc(Cl)c(Cl)c2)cc1. The van der Waals surface area contributed by atoms with Crippen molar-refractivity contribution in [3.63, 3.8) is 0 Å². The van der Waals surface area contributed by atoms with E-state index in [0.29, 0.717) is 11.4 Å². The predicted octanol–water partition coefficient (Wildman–Crippen LogP) is 3.57. The van der Waals surface area contributed by atoms with Gasteiger partial charge in [-0.2, -0.15) is 0 Å². The van der Waals surface area contributed by atoms with E-state index in [1.54, 1.807) is 6.92 Å². The zero-order valence-electron chi connectivity index (χ0n) is 12.5. The third kappa shape index (κ3) is 4.93. The molecule has 23 heavy (non-hydrogen) atoms. The second-order valence-corrected chi connectivity index (χ2v) is 7.72. The van der Waals surface area contributed by atoms with E-state index >= 15 is 0 Å². The lowest BCUT2D eigenvalue weighted by atomic mass is 10.1. The molecule has 0 saturated heterocycles. The molecular formula is C16H17Cl2NO3S. The molecule has 2 rings (SSSR count). The Morgan fingerprint density at radius 3 is 2.30 bits per heavy atom. The second kappa shape index (κ2) is 7.64. The summed E-state index contributed by atoms with van der Waals surface area (Å²) in [4.78, 5) is 0.0800. The third-order valence-electron chi connectivity index (χ3n) is 3.37. The smallest absolute Gasteiger partial charge is 0.240 e. The number of hydrogen-bond acceptors (Lipinski definition) is 3. The monoisotopic (exact) mass is 373 g/mol. The third-order valence-corrected chi connectivity index (χ3v) is 5.57. The molecule has 7 heteroatoms. The fraction of sp³-hybridized carbons (Fsp3) is 0.250. The fourth-order valence-corrected chi connectivity index (χ4v) is 3.44. The molecule has 0 radical (unpaired) electrons. The first-order valence-electron chi connectivity index (χ1n) is 7.01. The maximum Gasteiger partial charge on any atom is 0.240 e. The summed E-state index contributed by atoms with van der Waals surface area (Å²) in [6.45, 7) is 1.96. The Balaban J connectivity index is 1.98. The van der Waals surface area contributed by atoms with Crippen molar-refractivity contribution in [3.8, 4) is 0 Å². The number of aliphatic hydroxyl groups excluding tert-OH is 1. The van der Waals surface area contributed by atoms with E-state index in [2.05, 4.69) is 4.72 Å². The molecule has 0 aliphatic rings. The van der Waals surface area contributed by atoms with Gasteiger partial charge in [-0.05, 0) is 42.7 Å². The first-order chi connectivity index (χ1) is 10.8. The van der Waals surface area contributed by atoms with Crippen LogP contribution in [0.2, 0.25) is 10.0 Å². The highest BCUT2D eigenvalue weighted by Crippen LogP contribution is 2.24. The van der Waals surface area contributed by atoms with Crippen LogP contribution in [0.3, 0.4) is 0 Å². The van der Waals surface area contributed by atoms with E-state index in [4.69, 9.17) is 23.2 Å². The summed E-state index contributed by atoms with van der Waals surface area (Å²) in [5, 5.41) is 9.96. The molecular weight excluding hydrogens is 357 g/mol. The quantitative estimate of drug-likeness (QED) is 0.813. The average Bonchev–Trinajstić information content (AvgIpc) is 2.50. The summed E-state index contributed by atoms with van der Waals surface area (Å²) in [6.07, 6.45) is 0.0258. The maximum absolute atomic E-state index is 12.2. The van der Waals surface area contributed by atoms with Gasteiger partial charge in [0, 0.05) is 6.54 Å². The number of sulfonamides is 1. The minimum absolute atomic E-state index is 0.0800. The maximum atomic E-state index is 12.2. The van der Waals surface area contributed by atoms with Gasteiger partial charge in [-0.1, -0.05) is 47.5 Å². The van der Waals surface area contributed by atoms with Crippen molar-refractivity contribution in [2.75, 3.05) is 6.54 Å². The van der Waals surface area contributed by atoms with Crippen LogP contribution in [0.1, 0.15) is 24.2 Å². The Kier molecular flexibility index (Phi) is 6.06. The topological polar surface area (TPSA) is 66.4 Å². The molecule has 0 aliphatic heterocycles. The van der Waals surface area contributed by atoms with E-state index in [1.807, 2.05) is 24.3 Å². The molecule has 0 saturated carbocycles. The molecule has 0 bridgehead atoms.